The summed E-state index contributed by atoms with van der Waals surface area (Å²) in [5.41, 5.74) is 1.81. The molecule has 6 nitrogen and oxygen atoms in total. The van der Waals surface area contributed by atoms with Crippen molar-refractivity contribution in [3.05, 3.63) is 35.4 Å². The molecule has 2 saturated heterocycles. The van der Waals surface area contributed by atoms with Gasteiger partial charge in [0.25, 0.3) is 5.91 Å². The Morgan fingerprint density at radius 3 is 2.26 bits per heavy atom. The smallest absolute Gasteiger partial charge is 0.253 e. The molecule has 2 fully saturated rings. The Bertz CT molecular complexity index is 714. The van der Waals surface area contributed by atoms with Crippen molar-refractivity contribution in [3.63, 3.8) is 0 Å². The molecule has 0 aromatic heterocycles. The summed E-state index contributed by atoms with van der Waals surface area (Å²) in [6.07, 6.45) is 1.07. The normalized spacial score (nSPS) is 21.0. The summed E-state index contributed by atoms with van der Waals surface area (Å²) in [4.78, 5) is 43.2. The maximum atomic E-state index is 12.9. The standard InChI is InChI=1S/C21H29N3O3/c1-15(2)24-14-18(13-19(24)25)21(27)23-10-4-9-22(11-12-23)20(26)17-7-5-16(3)6-8-17/h5-8,15,18H,4,9-14H2,1-3H3. The van der Waals surface area contributed by atoms with Gasteiger partial charge < -0.3 is 14.7 Å². The topological polar surface area (TPSA) is 60.9 Å². The summed E-state index contributed by atoms with van der Waals surface area (Å²) in [6, 6.07) is 7.73. The number of aryl methyl sites for hydroxylation is 1. The average Bonchev–Trinajstić information content (AvgIpc) is 2.88. The van der Waals surface area contributed by atoms with Gasteiger partial charge in [0.15, 0.2) is 0 Å². The van der Waals surface area contributed by atoms with E-state index in [1.54, 1.807) is 4.90 Å². The number of carbonyl (C=O) groups is 3. The molecular formula is C21H29N3O3. The molecule has 1 aromatic carbocycles. The SMILES string of the molecule is Cc1ccc(C(=O)N2CCCN(C(=O)C3CC(=O)N(C(C)C)C3)CC2)cc1. The molecule has 2 aliphatic heterocycles. The summed E-state index contributed by atoms with van der Waals surface area (Å²) >= 11 is 0. The van der Waals surface area contributed by atoms with Crippen LogP contribution < -0.4 is 0 Å². The molecule has 3 rings (SSSR count). The monoisotopic (exact) mass is 371 g/mol. The van der Waals surface area contributed by atoms with Crippen LogP contribution in [0.15, 0.2) is 24.3 Å². The fourth-order valence-corrected chi connectivity index (χ4v) is 3.87. The third kappa shape index (κ3) is 4.31. The molecular weight excluding hydrogens is 342 g/mol. The van der Waals surface area contributed by atoms with Gasteiger partial charge in [-0.3, -0.25) is 14.4 Å². The van der Waals surface area contributed by atoms with Crippen molar-refractivity contribution in [2.24, 2.45) is 5.92 Å². The third-order valence-electron chi connectivity index (χ3n) is 5.52. The first-order valence-electron chi connectivity index (χ1n) is 9.81. The van der Waals surface area contributed by atoms with E-state index in [1.165, 1.54) is 0 Å². The molecule has 2 aliphatic rings. The number of nitrogens with zero attached hydrogens (tertiary/aromatic N) is 3. The Kier molecular flexibility index (Phi) is 5.82. The molecule has 0 radical (unpaired) electrons. The molecule has 0 bridgehead atoms. The molecule has 3 amide bonds. The zero-order valence-corrected chi connectivity index (χ0v) is 16.5. The second kappa shape index (κ2) is 8.11. The highest BCUT2D eigenvalue weighted by Crippen LogP contribution is 2.23. The Balaban J connectivity index is 1.60. The molecule has 0 saturated carbocycles. The average molecular weight is 371 g/mol. The summed E-state index contributed by atoms with van der Waals surface area (Å²) in [5.74, 6) is -0.115. The van der Waals surface area contributed by atoms with Crippen LogP contribution in [0.2, 0.25) is 0 Å². The fourth-order valence-electron chi connectivity index (χ4n) is 3.87. The maximum absolute atomic E-state index is 12.9. The summed E-state index contributed by atoms with van der Waals surface area (Å²) in [5, 5.41) is 0. The molecule has 2 heterocycles. The lowest BCUT2D eigenvalue weighted by molar-refractivity contribution is -0.135. The van der Waals surface area contributed by atoms with Crippen LogP contribution in [-0.2, 0) is 9.59 Å². The molecule has 146 valence electrons. The van der Waals surface area contributed by atoms with E-state index in [0.29, 0.717) is 44.7 Å². The number of hydrogen-bond donors (Lipinski definition) is 0. The Hall–Kier alpha value is -2.37. The van der Waals surface area contributed by atoms with E-state index in [1.807, 2.05) is 54.8 Å². The Labute approximate surface area is 161 Å². The number of hydrogen-bond acceptors (Lipinski definition) is 3. The van der Waals surface area contributed by atoms with Crippen LogP contribution in [0.4, 0.5) is 0 Å². The van der Waals surface area contributed by atoms with Gasteiger partial charge in [0.2, 0.25) is 11.8 Å². The van der Waals surface area contributed by atoms with Gasteiger partial charge in [0, 0.05) is 50.7 Å². The second-order valence-corrected chi connectivity index (χ2v) is 7.88. The number of rotatable bonds is 3. The third-order valence-corrected chi connectivity index (χ3v) is 5.52. The summed E-state index contributed by atoms with van der Waals surface area (Å²) in [7, 11) is 0. The molecule has 0 aliphatic carbocycles. The second-order valence-electron chi connectivity index (χ2n) is 7.88. The van der Waals surface area contributed by atoms with Crippen molar-refractivity contribution in [1.82, 2.24) is 14.7 Å². The van der Waals surface area contributed by atoms with Crippen molar-refractivity contribution in [2.75, 3.05) is 32.7 Å². The molecule has 0 spiro atoms. The van der Waals surface area contributed by atoms with Crippen LogP contribution >= 0.6 is 0 Å². The maximum Gasteiger partial charge on any atom is 0.253 e. The minimum absolute atomic E-state index is 0.0197. The van der Waals surface area contributed by atoms with Gasteiger partial charge >= 0.3 is 0 Å². The van der Waals surface area contributed by atoms with Crippen LogP contribution in [0.25, 0.3) is 0 Å². The van der Waals surface area contributed by atoms with Gasteiger partial charge in [-0.2, -0.15) is 0 Å². The molecule has 1 unspecified atom stereocenters. The van der Waals surface area contributed by atoms with E-state index in [9.17, 15) is 14.4 Å². The van der Waals surface area contributed by atoms with Crippen LogP contribution in [0.5, 0.6) is 0 Å². The Morgan fingerprint density at radius 1 is 1.00 bits per heavy atom. The first-order chi connectivity index (χ1) is 12.9. The first-order valence-corrected chi connectivity index (χ1v) is 9.81. The molecule has 1 aromatic rings. The quantitative estimate of drug-likeness (QED) is 0.816. The van der Waals surface area contributed by atoms with Gasteiger partial charge in [-0.05, 0) is 39.3 Å². The minimum atomic E-state index is -0.251. The van der Waals surface area contributed by atoms with E-state index in [0.717, 1.165) is 12.0 Å². The van der Waals surface area contributed by atoms with Gasteiger partial charge in [-0.1, -0.05) is 17.7 Å². The summed E-state index contributed by atoms with van der Waals surface area (Å²) in [6.45, 7) is 8.82. The van der Waals surface area contributed by atoms with E-state index in [-0.39, 0.29) is 29.7 Å². The largest absolute Gasteiger partial charge is 0.341 e. The predicted octanol–water partition coefficient (Wildman–Crippen LogP) is 1.93. The van der Waals surface area contributed by atoms with Crippen molar-refractivity contribution in [2.45, 2.75) is 39.7 Å². The number of amides is 3. The van der Waals surface area contributed by atoms with Gasteiger partial charge in [-0.25, -0.2) is 0 Å². The van der Waals surface area contributed by atoms with E-state index in [4.69, 9.17) is 0 Å². The highest BCUT2D eigenvalue weighted by molar-refractivity contribution is 5.94. The van der Waals surface area contributed by atoms with Crippen molar-refractivity contribution >= 4 is 17.7 Å². The summed E-state index contributed by atoms with van der Waals surface area (Å²) < 4.78 is 0. The van der Waals surface area contributed by atoms with Crippen LogP contribution in [-0.4, -0.2) is 71.2 Å². The number of benzene rings is 1. The van der Waals surface area contributed by atoms with Crippen molar-refractivity contribution < 1.29 is 14.4 Å². The minimum Gasteiger partial charge on any atom is -0.341 e. The van der Waals surface area contributed by atoms with Gasteiger partial charge in [0.1, 0.15) is 0 Å². The molecule has 1 atom stereocenters. The highest BCUT2D eigenvalue weighted by atomic mass is 16.2. The lowest BCUT2D eigenvalue weighted by Gasteiger charge is -2.25. The zero-order valence-electron chi connectivity index (χ0n) is 16.5. The lowest BCUT2D eigenvalue weighted by atomic mass is 10.1. The first kappa shape index (κ1) is 19.4. The van der Waals surface area contributed by atoms with Crippen molar-refractivity contribution in [1.29, 1.82) is 0 Å². The van der Waals surface area contributed by atoms with Crippen LogP contribution in [0.3, 0.4) is 0 Å². The fraction of sp³-hybridized carbons (Fsp3) is 0.571. The van der Waals surface area contributed by atoms with E-state index in [2.05, 4.69) is 0 Å². The molecule has 6 heteroatoms. The number of carbonyl (C=O) groups excluding carboxylic acids is 3. The van der Waals surface area contributed by atoms with Gasteiger partial charge in [0.05, 0.1) is 5.92 Å². The van der Waals surface area contributed by atoms with Crippen molar-refractivity contribution in [3.8, 4) is 0 Å². The zero-order chi connectivity index (χ0) is 19.6. The molecule has 0 N–H and O–H groups in total. The van der Waals surface area contributed by atoms with Crippen LogP contribution in [0.1, 0.15) is 42.6 Å². The Morgan fingerprint density at radius 2 is 1.63 bits per heavy atom. The molecule has 27 heavy (non-hydrogen) atoms. The predicted molar refractivity (Wildman–Crippen MR) is 103 cm³/mol. The lowest BCUT2D eigenvalue weighted by Crippen LogP contribution is -2.41. The van der Waals surface area contributed by atoms with Gasteiger partial charge in [-0.15, -0.1) is 0 Å². The van der Waals surface area contributed by atoms with E-state index >= 15 is 0 Å². The van der Waals surface area contributed by atoms with E-state index < -0.39 is 0 Å². The van der Waals surface area contributed by atoms with Crippen LogP contribution in [0, 0.1) is 12.8 Å². The highest BCUT2D eigenvalue weighted by Gasteiger charge is 2.37. The number of likely N-dealkylation sites (tertiary alicyclic amines) is 1.